The molecule has 0 spiro atoms. The van der Waals surface area contributed by atoms with E-state index in [4.69, 9.17) is 11.6 Å². The lowest BCUT2D eigenvalue weighted by atomic mass is 9.85. The number of amides is 1. The van der Waals surface area contributed by atoms with E-state index in [0.29, 0.717) is 25.1 Å². The van der Waals surface area contributed by atoms with Crippen LogP contribution in [0.3, 0.4) is 0 Å². The number of alkyl halides is 3. The monoisotopic (exact) mass is 542 g/mol. The summed E-state index contributed by atoms with van der Waals surface area (Å²) in [7, 11) is 0. The van der Waals surface area contributed by atoms with Crippen LogP contribution in [0.25, 0.3) is 16.7 Å². The highest BCUT2D eigenvalue weighted by atomic mass is 35.5. The average molecular weight is 543 g/mol. The standard InChI is InChI=1S/C28H26ClF3N4O2/c1-17-6-12-21(15-33-17)36-25-5-3-2-4-24(25)35(27(36)38)16-18-7-10-20(11-8-18)34-26(37)22-14-19(29)9-13-23(22)28(30,31)32/h2-6,9,12-15,18,20H,7-8,10-11,16H2,1H3,(H,34,37). The SMILES string of the molecule is Cc1ccc(-n2c(=O)n(CC3CCC(NC(=O)c4cc(Cl)ccc4C(F)(F)F)CC3)c3ccccc32)cn1. The number of carbonyl (C=O) groups is 1. The van der Waals surface area contributed by atoms with E-state index in [0.717, 1.165) is 47.8 Å². The van der Waals surface area contributed by atoms with Gasteiger partial charge in [-0.05, 0) is 81.0 Å². The predicted octanol–water partition coefficient (Wildman–Crippen LogP) is 6.16. The molecule has 0 atom stereocenters. The van der Waals surface area contributed by atoms with E-state index in [1.807, 2.05) is 43.3 Å². The molecular formula is C28H26ClF3N4O2. The van der Waals surface area contributed by atoms with Gasteiger partial charge in [0, 0.05) is 23.3 Å². The second-order valence-corrected chi connectivity index (χ2v) is 10.2. The molecule has 1 fully saturated rings. The molecule has 198 valence electrons. The number of hydrogen-bond donors (Lipinski definition) is 1. The highest BCUT2D eigenvalue weighted by Gasteiger charge is 2.36. The van der Waals surface area contributed by atoms with E-state index >= 15 is 0 Å². The van der Waals surface area contributed by atoms with Crippen LogP contribution in [0, 0.1) is 12.8 Å². The van der Waals surface area contributed by atoms with Gasteiger partial charge in [-0.3, -0.25) is 18.9 Å². The van der Waals surface area contributed by atoms with E-state index in [2.05, 4.69) is 10.3 Å². The third-order valence-electron chi connectivity index (χ3n) is 7.14. The number of benzene rings is 2. The molecule has 10 heteroatoms. The van der Waals surface area contributed by atoms with Gasteiger partial charge in [-0.15, -0.1) is 0 Å². The zero-order chi connectivity index (χ0) is 27.0. The molecule has 38 heavy (non-hydrogen) atoms. The zero-order valence-corrected chi connectivity index (χ0v) is 21.4. The van der Waals surface area contributed by atoms with Gasteiger partial charge in [0.15, 0.2) is 0 Å². The van der Waals surface area contributed by atoms with Crippen LogP contribution < -0.4 is 11.0 Å². The number of para-hydroxylation sites is 2. The number of rotatable bonds is 5. The van der Waals surface area contributed by atoms with Gasteiger partial charge < -0.3 is 5.32 Å². The molecule has 1 saturated carbocycles. The third-order valence-corrected chi connectivity index (χ3v) is 7.38. The lowest BCUT2D eigenvalue weighted by Crippen LogP contribution is -2.39. The maximum absolute atomic E-state index is 13.5. The van der Waals surface area contributed by atoms with E-state index < -0.39 is 23.2 Å². The Morgan fingerprint density at radius 3 is 2.42 bits per heavy atom. The number of fused-ring (bicyclic) bond motifs is 1. The van der Waals surface area contributed by atoms with Crippen molar-refractivity contribution >= 4 is 28.5 Å². The Kier molecular flexibility index (Phi) is 7.05. The Morgan fingerprint density at radius 2 is 1.76 bits per heavy atom. The van der Waals surface area contributed by atoms with Gasteiger partial charge in [0.1, 0.15) is 0 Å². The molecule has 0 bridgehead atoms. The van der Waals surface area contributed by atoms with E-state index in [9.17, 15) is 22.8 Å². The van der Waals surface area contributed by atoms with Crippen LogP contribution in [-0.2, 0) is 12.7 Å². The summed E-state index contributed by atoms with van der Waals surface area (Å²) < 4.78 is 43.6. The van der Waals surface area contributed by atoms with Crippen LogP contribution in [0.15, 0.2) is 65.6 Å². The maximum Gasteiger partial charge on any atom is 0.417 e. The minimum absolute atomic E-state index is 0.0675. The molecule has 4 aromatic rings. The number of nitrogens with zero attached hydrogens (tertiary/aromatic N) is 3. The molecule has 1 amide bonds. The smallest absolute Gasteiger partial charge is 0.349 e. The van der Waals surface area contributed by atoms with E-state index in [1.54, 1.807) is 15.3 Å². The van der Waals surface area contributed by atoms with Crippen LogP contribution in [0.2, 0.25) is 5.02 Å². The topological polar surface area (TPSA) is 68.9 Å². The lowest BCUT2D eigenvalue weighted by molar-refractivity contribution is -0.137. The van der Waals surface area contributed by atoms with Crippen LogP contribution >= 0.6 is 11.6 Å². The van der Waals surface area contributed by atoms with Gasteiger partial charge in [0.05, 0.1) is 34.0 Å². The Morgan fingerprint density at radius 1 is 1.05 bits per heavy atom. The summed E-state index contributed by atoms with van der Waals surface area (Å²) in [5, 5.41) is 2.82. The number of imidazole rings is 1. The van der Waals surface area contributed by atoms with E-state index in [1.165, 1.54) is 0 Å². The van der Waals surface area contributed by atoms with Crippen molar-refractivity contribution in [1.82, 2.24) is 19.4 Å². The lowest BCUT2D eigenvalue weighted by Gasteiger charge is -2.29. The second-order valence-electron chi connectivity index (χ2n) is 9.75. The van der Waals surface area contributed by atoms with Gasteiger partial charge >= 0.3 is 11.9 Å². The first-order chi connectivity index (χ1) is 18.1. The first-order valence-corrected chi connectivity index (χ1v) is 12.8. The van der Waals surface area contributed by atoms with Crippen molar-refractivity contribution in [3.05, 3.63) is 93.1 Å². The van der Waals surface area contributed by atoms with Gasteiger partial charge in [-0.1, -0.05) is 23.7 Å². The summed E-state index contributed by atoms with van der Waals surface area (Å²) in [6.07, 6.45) is -0.308. The molecule has 0 radical (unpaired) electrons. The molecule has 1 N–H and O–H groups in total. The fourth-order valence-corrected chi connectivity index (χ4v) is 5.36. The molecular weight excluding hydrogens is 517 g/mol. The number of aromatic nitrogens is 3. The number of carbonyl (C=O) groups excluding carboxylic acids is 1. The molecule has 0 saturated heterocycles. The molecule has 2 aromatic heterocycles. The van der Waals surface area contributed by atoms with Gasteiger partial charge in [-0.25, -0.2) is 4.79 Å². The van der Waals surface area contributed by atoms with Gasteiger partial charge in [-0.2, -0.15) is 13.2 Å². The molecule has 1 aliphatic carbocycles. The highest BCUT2D eigenvalue weighted by Crippen LogP contribution is 2.34. The van der Waals surface area contributed by atoms with Crippen LogP contribution in [0.5, 0.6) is 0 Å². The number of aryl methyl sites for hydroxylation is 1. The van der Waals surface area contributed by atoms with Crippen LogP contribution in [-0.4, -0.2) is 26.1 Å². The molecule has 2 aromatic carbocycles. The number of nitrogens with one attached hydrogen (secondary N) is 1. The average Bonchev–Trinajstić information content (AvgIpc) is 3.16. The van der Waals surface area contributed by atoms with Crippen molar-refractivity contribution < 1.29 is 18.0 Å². The summed E-state index contributed by atoms with van der Waals surface area (Å²) in [5.74, 6) is -0.595. The molecule has 5 rings (SSSR count). The summed E-state index contributed by atoms with van der Waals surface area (Å²) in [6, 6.07) is 14.1. The Balaban J connectivity index is 1.30. The third kappa shape index (κ3) is 5.20. The fraction of sp³-hybridized carbons (Fsp3) is 0.321. The van der Waals surface area contributed by atoms with Crippen molar-refractivity contribution in [3.8, 4) is 5.69 Å². The Bertz CT molecular complexity index is 1530. The number of pyridine rings is 1. The van der Waals surface area contributed by atoms with Gasteiger partial charge in [0.25, 0.3) is 5.91 Å². The molecule has 6 nitrogen and oxygen atoms in total. The minimum atomic E-state index is -4.66. The number of halogens is 4. The molecule has 0 aliphatic heterocycles. The quantitative estimate of drug-likeness (QED) is 0.328. The maximum atomic E-state index is 13.5. The molecule has 2 heterocycles. The normalized spacial score (nSPS) is 18.0. The van der Waals surface area contributed by atoms with Crippen molar-refractivity contribution in [2.75, 3.05) is 0 Å². The molecule has 0 unspecified atom stereocenters. The first-order valence-electron chi connectivity index (χ1n) is 12.4. The van der Waals surface area contributed by atoms with Crippen molar-refractivity contribution in [2.45, 2.75) is 51.4 Å². The Hall–Kier alpha value is -3.59. The summed E-state index contributed by atoms with van der Waals surface area (Å²) in [6.45, 7) is 2.40. The van der Waals surface area contributed by atoms with Crippen LogP contribution in [0.4, 0.5) is 13.2 Å². The minimum Gasteiger partial charge on any atom is -0.349 e. The second kappa shape index (κ2) is 10.3. The van der Waals surface area contributed by atoms with Crippen molar-refractivity contribution in [2.24, 2.45) is 5.92 Å². The highest BCUT2D eigenvalue weighted by molar-refractivity contribution is 6.31. The molecule has 1 aliphatic rings. The largest absolute Gasteiger partial charge is 0.417 e. The first kappa shape index (κ1) is 26.0. The zero-order valence-electron chi connectivity index (χ0n) is 20.6. The number of hydrogen-bond acceptors (Lipinski definition) is 3. The van der Waals surface area contributed by atoms with Crippen LogP contribution in [0.1, 0.15) is 47.3 Å². The summed E-state index contributed by atoms with van der Waals surface area (Å²) in [4.78, 5) is 30.6. The van der Waals surface area contributed by atoms with E-state index in [-0.39, 0.29) is 22.7 Å². The summed E-state index contributed by atoms with van der Waals surface area (Å²) >= 11 is 5.87. The fourth-order valence-electron chi connectivity index (χ4n) is 5.19. The van der Waals surface area contributed by atoms with Crippen molar-refractivity contribution in [1.29, 1.82) is 0 Å². The summed E-state index contributed by atoms with van der Waals surface area (Å²) in [5.41, 5.74) is 1.55. The predicted molar refractivity (Wildman–Crippen MR) is 140 cm³/mol. The van der Waals surface area contributed by atoms with Crippen molar-refractivity contribution in [3.63, 3.8) is 0 Å². The van der Waals surface area contributed by atoms with Gasteiger partial charge in [0.2, 0.25) is 0 Å². The Labute approximate surface area is 222 Å².